The predicted molar refractivity (Wildman–Crippen MR) is 119 cm³/mol. The minimum Gasteiger partial charge on any atom is -0.260 e. The van der Waals surface area contributed by atoms with E-state index < -0.39 is 10.8 Å². The van der Waals surface area contributed by atoms with E-state index in [9.17, 15) is 9.47 Å². The molecule has 1 unspecified atom stereocenters. The third-order valence-corrected chi connectivity index (χ3v) is 6.94. The van der Waals surface area contributed by atoms with Crippen molar-refractivity contribution in [2.24, 2.45) is 0 Å². The first-order chi connectivity index (χ1) is 13.6. The number of pyridine rings is 1. The maximum Gasteiger partial charge on any atom is 0.115 e. The lowest BCUT2D eigenvalue weighted by Crippen LogP contribution is -2.03. The van der Waals surface area contributed by atoms with Gasteiger partial charge < -0.3 is 0 Å². The molecule has 0 bridgehead atoms. The predicted octanol–water partition coefficient (Wildman–Crippen LogP) is 5.46. The maximum atomic E-state index is 11.8. The summed E-state index contributed by atoms with van der Waals surface area (Å²) in [7, 11) is -0.826. The molecular weight excluding hydrogens is 384 g/mol. The summed E-state index contributed by atoms with van der Waals surface area (Å²) in [5.74, 6) is 1.93. The van der Waals surface area contributed by atoms with E-state index in [0.29, 0.717) is 27.8 Å². The van der Waals surface area contributed by atoms with Crippen LogP contribution in [0.2, 0.25) is 0 Å². The van der Waals surface area contributed by atoms with Gasteiger partial charge in [-0.25, -0.2) is 4.98 Å². The molecule has 0 saturated heterocycles. The Morgan fingerprint density at radius 3 is 2.43 bits per heavy atom. The highest BCUT2D eigenvalue weighted by Crippen LogP contribution is 2.34. The van der Waals surface area contributed by atoms with Crippen LogP contribution in [0.15, 0.2) is 65.7 Å². The van der Waals surface area contributed by atoms with Crippen LogP contribution >= 0.6 is 11.8 Å². The molecule has 0 aliphatic rings. The summed E-state index contributed by atoms with van der Waals surface area (Å²) in [5.41, 5.74) is 5.51. The van der Waals surface area contributed by atoms with E-state index >= 15 is 0 Å². The highest BCUT2D eigenvalue weighted by atomic mass is 32.2. The molecule has 0 amide bonds. The Hall–Kier alpha value is -2.42. The Kier molecular flexibility index (Phi) is 7.02. The Morgan fingerprint density at radius 1 is 1.07 bits per heavy atom. The van der Waals surface area contributed by atoms with Crippen LogP contribution in [0.1, 0.15) is 18.1 Å². The molecule has 5 heteroatoms. The zero-order chi connectivity index (χ0) is 19.9. The molecule has 28 heavy (non-hydrogen) atoms. The molecule has 3 rings (SSSR count). The summed E-state index contributed by atoms with van der Waals surface area (Å²) in [6.07, 6.45) is 0. The second kappa shape index (κ2) is 9.68. The van der Waals surface area contributed by atoms with Gasteiger partial charge in [0, 0.05) is 39.2 Å². The van der Waals surface area contributed by atoms with E-state index in [1.165, 1.54) is 17.3 Å². The number of nitrogens with zero attached hydrogens (tertiary/aromatic N) is 2. The fourth-order valence-electron chi connectivity index (χ4n) is 2.83. The molecular formula is C23H22N2OS2. The van der Waals surface area contributed by atoms with Crippen molar-refractivity contribution in [1.29, 1.82) is 5.26 Å². The third kappa shape index (κ3) is 4.89. The highest BCUT2D eigenvalue weighted by Gasteiger charge is 2.16. The molecule has 3 nitrogen and oxygen atoms in total. The zero-order valence-corrected chi connectivity index (χ0v) is 17.6. The summed E-state index contributed by atoms with van der Waals surface area (Å²) >= 11 is 1.51. The Bertz CT molecular complexity index is 1010. The molecule has 1 aromatic heterocycles. The molecule has 142 valence electrons. The Labute approximate surface area is 173 Å². The van der Waals surface area contributed by atoms with Gasteiger partial charge in [0.15, 0.2) is 0 Å². The average molecular weight is 407 g/mol. The summed E-state index contributed by atoms with van der Waals surface area (Å²) < 4.78 is 11.8. The van der Waals surface area contributed by atoms with Gasteiger partial charge in [-0.15, -0.1) is 11.8 Å². The van der Waals surface area contributed by atoms with Crippen molar-refractivity contribution in [2.75, 3.05) is 17.3 Å². The fourth-order valence-corrected chi connectivity index (χ4v) is 4.85. The first-order valence-corrected chi connectivity index (χ1v) is 11.6. The fraction of sp³-hybridized carbons (Fsp3) is 0.217. The van der Waals surface area contributed by atoms with Crippen LogP contribution in [0.25, 0.3) is 22.4 Å². The minimum atomic E-state index is -0.826. The largest absolute Gasteiger partial charge is 0.260 e. The van der Waals surface area contributed by atoms with E-state index in [1.807, 2.05) is 43.3 Å². The van der Waals surface area contributed by atoms with Crippen LogP contribution < -0.4 is 0 Å². The van der Waals surface area contributed by atoms with Crippen molar-refractivity contribution >= 4 is 22.6 Å². The number of rotatable bonds is 7. The van der Waals surface area contributed by atoms with Crippen molar-refractivity contribution in [2.45, 2.75) is 18.9 Å². The Balaban J connectivity index is 2.08. The molecule has 0 aliphatic carbocycles. The van der Waals surface area contributed by atoms with Gasteiger partial charge in [0.25, 0.3) is 0 Å². The topological polar surface area (TPSA) is 53.8 Å². The molecule has 1 heterocycles. The molecule has 0 saturated carbocycles. The number of benzene rings is 2. The van der Waals surface area contributed by atoms with Crippen molar-refractivity contribution in [1.82, 2.24) is 4.98 Å². The quantitative estimate of drug-likeness (QED) is 0.489. The van der Waals surface area contributed by atoms with Gasteiger partial charge in [0.05, 0.1) is 11.3 Å². The number of aryl methyl sites for hydroxylation is 1. The lowest BCUT2D eigenvalue weighted by Gasteiger charge is -2.12. The van der Waals surface area contributed by atoms with Crippen molar-refractivity contribution in [3.05, 3.63) is 71.8 Å². The van der Waals surface area contributed by atoms with Gasteiger partial charge in [0.2, 0.25) is 0 Å². The van der Waals surface area contributed by atoms with Gasteiger partial charge >= 0.3 is 0 Å². The van der Waals surface area contributed by atoms with Crippen LogP contribution in [0.4, 0.5) is 0 Å². The van der Waals surface area contributed by atoms with Gasteiger partial charge in [-0.2, -0.15) is 5.26 Å². The van der Waals surface area contributed by atoms with Gasteiger partial charge in [-0.05, 0) is 18.6 Å². The normalized spacial score (nSPS) is 11.8. The number of thioether (sulfide) groups is 1. The average Bonchev–Trinajstić information content (AvgIpc) is 2.74. The molecule has 0 fully saturated rings. The summed E-state index contributed by atoms with van der Waals surface area (Å²) in [4.78, 5) is 4.79. The first-order valence-electron chi connectivity index (χ1n) is 9.17. The summed E-state index contributed by atoms with van der Waals surface area (Å²) in [5, 5.41) is 10.6. The number of hydrogen-bond acceptors (Lipinski definition) is 4. The second-order valence-corrected chi connectivity index (χ2v) is 9.31. The number of aromatic nitrogens is 1. The SMILES string of the molecule is CCS(=O)CCSc1nc(-c2ccc(C)cc2)cc(-c2ccccc2)c1C#N. The van der Waals surface area contributed by atoms with Gasteiger partial charge in [-0.3, -0.25) is 4.21 Å². The monoisotopic (exact) mass is 406 g/mol. The lowest BCUT2D eigenvalue weighted by atomic mass is 9.99. The van der Waals surface area contributed by atoms with Crippen LogP contribution in [0, 0.1) is 18.3 Å². The lowest BCUT2D eigenvalue weighted by molar-refractivity contribution is 0.685. The maximum absolute atomic E-state index is 11.8. The van der Waals surface area contributed by atoms with Crippen molar-refractivity contribution in [3.8, 4) is 28.5 Å². The number of nitriles is 1. The smallest absolute Gasteiger partial charge is 0.115 e. The first kappa shape index (κ1) is 20.3. The van der Waals surface area contributed by atoms with Crippen molar-refractivity contribution in [3.63, 3.8) is 0 Å². The summed E-state index contributed by atoms with van der Waals surface area (Å²) in [6.45, 7) is 3.98. The molecule has 2 aromatic carbocycles. The van der Waals surface area contributed by atoms with Crippen LogP contribution in [-0.2, 0) is 10.8 Å². The van der Waals surface area contributed by atoms with E-state index in [-0.39, 0.29) is 0 Å². The van der Waals surface area contributed by atoms with Crippen LogP contribution in [-0.4, -0.2) is 26.5 Å². The Morgan fingerprint density at radius 2 is 1.79 bits per heavy atom. The van der Waals surface area contributed by atoms with E-state index in [2.05, 4.69) is 37.3 Å². The molecule has 3 aromatic rings. The van der Waals surface area contributed by atoms with E-state index in [4.69, 9.17) is 4.98 Å². The van der Waals surface area contributed by atoms with Gasteiger partial charge in [-0.1, -0.05) is 67.1 Å². The summed E-state index contributed by atoms with van der Waals surface area (Å²) in [6, 6.07) is 22.5. The van der Waals surface area contributed by atoms with Crippen LogP contribution in [0.3, 0.4) is 0 Å². The molecule has 0 spiro atoms. The second-order valence-electron chi connectivity index (χ2n) is 6.36. The van der Waals surface area contributed by atoms with E-state index in [0.717, 1.165) is 22.4 Å². The molecule has 0 aliphatic heterocycles. The van der Waals surface area contributed by atoms with Gasteiger partial charge in [0.1, 0.15) is 11.1 Å². The van der Waals surface area contributed by atoms with Crippen LogP contribution in [0.5, 0.6) is 0 Å². The number of hydrogen-bond donors (Lipinski definition) is 0. The minimum absolute atomic E-state index is 0.578. The van der Waals surface area contributed by atoms with E-state index in [1.54, 1.807) is 0 Å². The molecule has 0 N–H and O–H groups in total. The zero-order valence-electron chi connectivity index (χ0n) is 16.0. The highest BCUT2D eigenvalue weighted by molar-refractivity contribution is 8.00. The molecule has 1 atom stereocenters. The third-order valence-electron chi connectivity index (χ3n) is 4.40. The van der Waals surface area contributed by atoms with Crippen molar-refractivity contribution < 1.29 is 4.21 Å². The molecule has 0 radical (unpaired) electrons. The standard InChI is InChI=1S/C23H22N2OS2/c1-3-28(26)14-13-27-23-21(16-24)20(18-7-5-4-6-8-18)15-22(25-23)19-11-9-17(2)10-12-19/h4-12,15H,3,13-14H2,1-2H3.